The predicted octanol–water partition coefficient (Wildman–Crippen LogP) is 1.87. The molecule has 8 heteroatoms. The highest BCUT2D eigenvalue weighted by atomic mass is 16.5. The fourth-order valence-corrected chi connectivity index (χ4v) is 3.02. The maximum absolute atomic E-state index is 12.2. The van der Waals surface area contributed by atoms with Gasteiger partial charge in [0.15, 0.2) is 0 Å². The van der Waals surface area contributed by atoms with Gasteiger partial charge in [-0.2, -0.15) is 5.10 Å². The van der Waals surface area contributed by atoms with Gasteiger partial charge in [-0.3, -0.25) is 14.9 Å². The Balaban J connectivity index is 1.36. The molecule has 8 nitrogen and oxygen atoms in total. The standard InChI is InChI=1S/C19H20N6O2/c1-27-17-4-2-3-13(6-17)5-15-7-20-10-18(23-15)25-11-14(12-25)19(26)24-16-8-21-22-9-16/h2-4,6-10,14H,5,11-12H2,1H3,(H,21,22)(H,24,26). The molecule has 1 fully saturated rings. The van der Waals surface area contributed by atoms with Gasteiger partial charge in [0.05, 0.1) is 36.8 Å². The number of hydrogen-bond acceptors (Lipinski definition) is 6. The molecule has 138 valence electrons. The molecular formula is C19H20N6O2. The van der Waals surface area contributed by atoms with Gasteiger partial charge in [0.25, 0.3) is 0 Å². The van der Waals surface area contributed by atoms with Gasteiger partial charge in [-0.15, -0.1) is 0 Å². The van der Waals surface area contributed by atoms with Crippen LogP contribution < -0.4 is 15.0 Å². The summed E-state index contributed by atoms with van der Waals surface area (Å²) in [5, 5.41) is 9.34. The minimum absolute atomic E-state index is 0.00635. The average Bonchev–Trinajstić information content (AvgIpc) is 3.14. The predicted molar refractivity (Wildman–Crippen MR) is 101 cm³/mol. The van der Waals surface area contributed by atoms with Gasteiger partial charge in [0.1, 0.15) is 11.6 Å². The van der Waals surface area contributed by atoms with E-state index >= 15 is 0 Å². The number of amides is 1. The third-order valence-electron chi connectivity index (χ3n) is 4.53. The van der Waals surface area contributed by atoms with Gasteiger partial charge >= 0.3 is 0 Å². The lowest BCUT2D eigenvalue weighted by Crippen LogP contribution is -2.52. The summed E-state index contributed by atoms with van der Waals surface area (Å²) in [4.78, 5) is 23.3. The quantitative estimate of drug-likeness (QED) is 0.693. The topological polar surface area (TPSA) is 96.0 Å². The number of anilines is 2. The van der Waals surface area contributed by atoms with Crippen LogP contribution in [0, 0.1) is 5.92 Å². The first-order valence-corrected chi connectivity index (χ1v) is 8.69. The molecule has 1 aliphatic heterocycles. The van der Waals surface area contributed by atoms with Crippen molar-refractivity contribution in [3.63, 3.8) is 0 Å². The number of carbonyl (C=O) groups excluding carboxylic acids is 1. The van der Waals surface area contributed by atoms with Crippen LogP contribution in [0.2, 0.25) is 0 Å². The zero-order chi connectivity index (χ0) is 18.6. The molecule has 0 aliphatic carbocycles. The first-order chi connectivity index (χ1) is 13.2. The highest BCUT2D eigenvalue weighted by Crippen LogP contribution is 2.24. The summed E-state index contributed by atoms with van der Waals surface area (Å²) in [6.07, 6.45) is 7.42. The highest BCUT2D eigenvalue weighted by Gasteiger charge is 2.33. The lowest BCUT2D eigenvalue weighted by Gasteiger charge is -2.38. The van der Waals surface area contributed by atoms with E-state index in [1.807, 2.05) is 24.3 Å². The Morgan fingerprint density at radius 2 is 2.22 bits per heavy atom. The van der Waals surface area contributed by atoms with E-state index in [0.717, 1.165) is 22.8 Å². The number of nitrogens with zero attached hydrogens (tertiary/aromatic N) is 4. The minimum Gasteiger partial charge on any atom is -0.497 e. The maximum atomic E-state index is 12.2. The molecule has 2 aromatic heterocycles. The molecule has 3 heterocycles. The summed E-state index contributed by atoms with van der Waals surface area (Å²) in [6.45, 7) is 1.25. The van der Waals surface area contributed by atoms with Crippen LogP contribution in [0.1, 0.15) is 11.3 Å². The molecule has 0 spiro atoms. The molecule has 0 saturated carbocycles. The van der Waals surface area contributed by atoms with Crippen molar-refractivity contribution in [2.75, 3.05) is 30.4 Å². The summed E-state index contributed by atoms with van der Waals surface area (Å²) in [6, 6.07) is 7.91. The third kappa shape index (κ3) is 3.89. The number of nitrogens with one attached hydrogen (secondary N) is 2. The van der Waals surface area contributed by atoms with Crippen molar-refractivity contribution in [2.45, 2.75) is 6.42 Å². The number of rotatable bonds is 6. The van der Waals surface area contributed by atoms with E-state index in [9.17, 15) is 4.79 Å². The Bertz CT molecular complexity index is 921. The summed E-state index contributed by atoms with van der Waals surface area (Å²) < 4.78 is 5.26. The second kappa shape index (κ2) is 7.45. The highest BCUT2D eigenvalue weighted by molar-refractivity contribution is 5.94. The smallest absolute Gasteiger partial charge is 0.231 e. The van der Waals surface area contributed by atoms with Crippen LogP contribution in [0.3, 0.4) is 0 Å². The largest absolute Gasteiger partial charge is 0.497 e. The fourth-order valence-electron chi connectivity index (χ4n) is 3.02. The number of aromatic nitrogens is 4. The van der Waals surface area contributed by atoms with Crippen LogP contribution in [0.25, 0.3) is 0 Å². The molecule has 2 N–H and O–H groups in total. The van der Waals surface area contributed by atoms with Crippen LogP contribution >= 0.6 is 0 Å². The first kappa shape index (κ1) is 17.0. The number of benzene rings is 1. The van der Waals surface area contributed by atoms with Crippen LogP contribution in [0.15, 0.2) is 49.1 Å². The van der Waals surface area contributed by atoms with Crippen LogP contribution in [-0.4, -0.2) is 46.3 Å². The molecule has 1 amide bonds. The van der Waals surface area contributed by atoms with Crippen molar-refractivity contribution in [3.05, 3.63) is 60.3 Å². The molecular weight excluding hydrogens is 344 g/mol. The zero-order valence-corrected chi connectivity index (χ0v) is 14.9. The Morgan fingerprint density at radius 1 is 1.33 bits per heavy atom. The van der Waals surface area contributed by atoms with Crippen molar-refractivity contribution in [1.29, 1.82) is 0 Å². The summed E-state index contributed by atoms with van der Waals surface area (Å²) in [5.41, 5.74) is 2.67. The molecule has 4 rings (SSSR count). The van der Waals surface area contributed by atoms with Gasteiger partial charge in [0.2, 0.25) is 5.91 Å². The number of carbonyl (C=O) groups is 1. The summed E-state index contributed by atoms with van der Waals surface area (Å²) >= 11 is 0. The molecule has 0 radical (unpaired) electrons. The second-order valence-electron chi connectivity index (χ2n) is 6.48. The molecule has 1 aliphatic rings. The lowest BCUT2D eigenvalue weighted by molar-refractivity contribution is -0.120. The van der Waals surface area contributed by atoms with Gasteiger partial charge in [-0.25, -0.2) is 4.98 Å². The van der Waals surface area contributed by atoms with Gasteiger partial charge in [-0.1, -0.05) is 12.1 Å². The number of hydrogen-bond donors (Lipinski definition) is 2. The summed E-state index contributed by atoms with van der Waals surface area (Å²) in [5.74, 6) is 1.55. The molecule has 0 unspecified atom stereocenters. The fraction of sp³-hybridized carbons (Fsp3) is 0.263. The normalized spacial score (nSPS) is 13.9. The molecule has 27 heavy (non-hydrogen) atoms. The van der Waals surface area contributed by atoms with Gasteiger partial charge in [0, 0.05) is 31.9 Å². The van der Waals surface area contributed by atoms with Crippen LogP contribution in [0.5, 0.6) is 5.75 Å². The van der Waals surface area contributed by atoms with E-state index in [2.05, 4.69) is 25.4 Å². The Labute approximate surface area is 156 Å². The van der Waals surface area contributed by atoms with Crippen LogP contribution in [0.4, 0.5) is 11.5 Å². The lowest BCUT2D eigenvalue weighted by atomic mass is 9.99. The van der Waals surface area contributed by atoms with E-state index in [4.69, 9.17) is 9.72 Å². The SMILES string of the molecule is COc1cccc(Cc2cncc(N3CC(C(=O)Nc4cn[nH]c4)C3)n2)c1. The van der Waals surface area contributed by atoms with E-state index in [1.165, 1.54) is 0 Å². The van der Waals surface area contributed by atoms with Crippen molar-refractivity contribution >= 4 is 17.4 Å². The molecule has 0 atom stereocenters. The Kier molecular flexibility index (Phi) is 4.69. The van der Waals surface area contributed by atoms with Gasteiger partial charge < -0.3 is 15.0 Å². The molecule has 1 aromatic carbocycles. The number of H-pyrrole nitrogens is 1. The number of aromatic amines is 1. The van der Waals surface area contributed by atoms with Crippen molar-refractivity contribution in [1.82, 2.24) is 20.2 Å². The van der Waals surface area contributed by atoms with E-state index < -0.39 is 0 Å². The monoisotopic (exact) mass is 364 g/mol. The zero-order valence-electron chi connectivity index (χ0n) is 14.9. The van der Waals surface area contributed by atoms with E-state index in [0.29, 0.717) is 25.2 Å². The van der Waals surface area contributed by atoms with Crippen molar-refractivity contribution in [2.24, 2.45) is 5.92 Å². The minimum atomic E-state index is -0.0660. The Hall–Kier alpha value is -3.42. The molecule has 1 saturated heterocycles. The van der Waals surface area contributed by atoms with Gasteiger partial charge in [-0.05, 0) is 17.7 Å². The first-order valence-electron chi connectivity index (χ1n) is 8.69. The van der Waals surface area contributed by atoms with Crippen molar-refractivity contribution in [3.8, 4) is 5.75 Å². The van der Waals surface area contributed by atoms with Crippen molar-refractivity contribution < 1.29 is 9.53 Å². The number of ether oxygens (including phenoxy) is 1. The van der Waals surface area contributed by atoms with Crippen LogP contribution in [-0.2, 0) is 11.2 Å². The summed E-state index contributed by atoms with van der Waals surface area (Å²) in [7, 11) is 1.66. The molecule has 3 aromatic rings. The Morgan fingerprint density at radius 3 is 3.00 bits per heavy atom. The number of methoxy groups -OCH3 is 1. The molecule has 0 bridgehead atoms. The maximum Gasteiger partial charge on any atom is 0.231 e. The third-order valence-corrected chi connectivity index (χ3v) is 4.53. The van der Waals surface area contributed by atoms with E-state index in [1.54, 1.807) is 31.9 Å². The van der Waals surface area contributed by atoms with E-state index in [-0.39, 0.29) is 11.8 Å². The average molecular weight is 364 g/mol. The second-order valence-corrected chi connectivity index (χ2v) is 6.48.